The molecule has 0 saturated carbocycles. The van der Waals surface area contributed by atoms with E-state index >= 15 is 0 Å². The summed E-state index contributed by atoms with van der Waals surface area (Å²) in [5, 5.41) is 26.5. The van der Waals surface area contributed by atoms with Crippen LogP contribution in [0.2, 0.25) is 0 Å². The second kappa shape index (κ2) is 4.01. The summed E-state index contributed by atoms with van der Waals surface area (Å²) in [7, 11) is -1.70. The van der Waals surface area contributed by atoms with Crippen molar-refractivity contribution in [1.82, 2.24) is 0 Å². The highest BCUT2D eigenvalue weighted by Gasteiger charge is 2.24. The third-order valence-electron chi connectivity index (χ3n) is 2.24. The second-order valence-electron chi connectivity index (χ2n) is 3.85. The van der Waals surface area contributed by atoms with Gasteiger partial charge in [0.1, 0.15) is 5.82 Å². The fraction of sp³-hybridized carbons (Fsp3) is 0.300. The van der Waals surface area contributed by atoms with Gasteiger partial charge in [-0.1, -0.05) is 12.1 Å². The lowest BCUT2D eigenvalue weighted by Crippen LogP contribution is -2.31. The fourth-order valence-corrected chi connectivity index (χ4v) is 1.26. The van der Waals surface area contributed by atoms with Crippen LogP contribution in [0.5, 0.6) is 0 Å². The van der Waals surface area contributed by atoms with Crippen molar-refractivity contribution in [3.63, 3.8) is 0 Å². The molecule has 5 heteroatoms. The molecule has 0 bridgehead atoms. The molecule has 0 spiro atoms. The van der Waals surface area contributed by atoms with E-state index in [2.05, 4.69) is 0 Å². The fourth-order valence-electron chi connectivity index (χ4n) is 1.26. The zero-order valence-corrected chi connectivity index (χ0v) is 8.53. The van der Waals surface area contributed by atoms with Crippen molar-refractivity contribution in [2.45, 2.75) is 19.3 Å². The normalized spacial score (nSPS) is 10.9. The summed E-state index contributed by atoms with van der Waals surface area (Å²) in [6.07, 6.45) is 0. The molecule has 1 aromatic carbocycles. The van der Waals surface area contributed by atoms with Gasteiger partial charge in [-0.25, -0.2) is 4.39 Å². The van der Waals surface area contributed by atoms with Crippen LogP contribution in [0.3, 0.4) is 0 Å². The molecule has 3 nitrogen and oxygen atoms in total. The van der Waals surface area contributed by atoms with Crippen LogP contribution in [0, 0.1) is 17.1 Å². The summed E-state index contributed by atoms with van der Waals surface area (Å²) in [5.41, 5.74) is -0.609. The predicted octanol–water partition coefficient (Wildman–Crippen LogP) is 0.307. The minimum atomic E-state index is -1.70. The van der Waals surface area contributed by atoms with Gasteiger partial charge in [-0.05, 0) is 25.4 Å². The number of rotatable bonds is 2. The number of halogens is 1. The van der Waals surface area contributed by atoms with E-state index in [0.717, 1.165) is 6.07 Å². The van der Waals surface area contributed by atoms with Crippen LogP contribution < -0.4 is 5.46 Å². The van der Waals surface area contributed by atoms with Gasteiger partial charge in [0.25, 0.3) is 0 Å². The minimum absolute atomic E-state index is 0.0741. The van der Waals surface area contributed by atoms with Gasteiger partial charge < -0.3 is 10.0 Å². The Kier molecular flexibility index (Phi) is 3.13. The number of hydrogen-bond donors (Lipinski definition) is 2. The first-order valence-corrected chi connectivity index (χ1v) is 4.46. The number of benzene rings is 1. The molecule has 78 valence electrons. The highest BCUT2D eigenvalue weighted by atomic mass is 19.1. The van der Waals surface area contributed by atoms with Crippen molar-refractivity contribution in [2.24, 2.45) is 0 Å². The molecule has 1 aromatic rings. The van der Waals surface area contributed by atoms with E-state index in [0.29, 0.717) is 0 Å². The quantitative estimate of drug-likeness (QED) is 0.685. The molecule has 1 rings (SSSR count). The summed E-state index contributed by atoms with van der Waals surface area (Å²) in [6, 6.07) is 5.80. The second-order valence-corrected chi connectivity index (χ2v) is 3.85. The summed E-state index contributed by atoms with van der Waals surface area (Å²) in [5.74, 6) is -0.604. The molecule has 2 N–H and O–H groups in total. The maximum Gasteiger partial charge on any atom is 0.488 e. The molecule has 0 radical (unpaired) electrons. The van der Waals surface area contributed by atoms with Gasteiger partial charge in [-0.15, -0.1) is 0 Å². The SMILES string of the molecule is CC(C)(C#N)c1ccc(B(O)O)cc1F. The third kappa shape index (κ3) is 2.35. The Balaban J connectivity index is 3.21. The van der Waals surface area contributed by atoms with Gasteiger partial charge in [0, 0.05) is 5.56 Å². The lowest BCUT2D eigenvalue weighted by Gasteiger charge is -2.17. The maximum absolute atomic E-state index is 13.5. The largest absolute Gasteiger partial charge is 0.488 e. The van der Waals surface area contributed by atoms with Gasteiger partial charge >= 0.3 is 7.12 Å². The summed E-state index contributed by atoms with van der Waals surface area (Å²) < 4.78 is 13.5. The van der Waals surface area contributed by atoms with Crippen molar-refractivity contribution in [1.29, 1.82) is 5.26 Å². The van der Waals surface area contributed by atoms with E-state index in [-0.39, 0.29) is 11.0 Å². The van der Waals surface area contributed by atoms with Crippen LogP contribution in [-0.4, -0.2) is 17.2 Å². The molecule has 15 heavy (non-hydrogen) atoms. The molecule has 0 amide bonds. The molecule has 0 fully saturated rings. The van der Waals surface area contributed by atoms with Gasteiger partial charge in [0.15, 0.2) is 0 Å². The molecule has 0 saturated heterocycles. The molecular weight excluding hydrogens is 196 g/mol. The molecule has 0 heterocycles. The van der Waals surface area contributed by atoms with E-state index in [4.69, 9.17) is 15.3 Å². The first-order chi connectivity index (χ1) is 6.88. The van der Waals surface area contributed by atoms with Crippen LogP contribution in [0.25, 0.3) is 0 Å². The predicted molar refractivity (Wildman–Crippen MR) is 54.9 cm³/mol. The third-order valence-corrected chi connectivity index (χ3v) is 2.24. The van der Waals surface area contributed by atoms with Crippen molar-refractivity contribution in [3.8, 4) is 6.07 Å². The Hall–Kier alpha value is -1.38. The lowest BCUT2D eigenvalue weighted by atomic mass is 9.77. The number of hydrogen-bond acceptors (Lipinski definition) is 3. The highest BCUT2D eigenvalue weighted by Crippen LogP contribution is 2.23. The van der Waals surface area contributed by atoms with Crippen LogP contribution in [0.15, 0.2) is 18.2 Å². The van der Waals surface area contributed by atoms with E-state index in [1.807, 2.05) is 6.07 Å². The van der Waals surface area contributed by atoms with E-state index in [1.54, 1.807) is 13.8 Å². The Labute approximate surface area is 87.9 Å². The van der Waals surface area contributed by atoms with E-state index in [9.17, 15) is 4.39 Å². The van der Waals surface area contributed by atoms with Crippen molar-refractivity contribution in [2.75, 3.05) is 0 Å². The summed E-state index contributed by atoms with van der Waals surface area (Å²) >= 11 is 0. The zero-order valence-electron chi connectivity index (χ0n) is 8.53. The monoisotopic (exact) mass is 207 g/mol. The van der Waals surface area contributed by atoms with Gasteiger partial charge in [-0.3, -0.25) is 0 Å². The number of nitrogens with zero attached hydrogens (tertiary/aromatic N) is 1. The lowest BCUT2D eigenvalue weighted by molar-refractivity contribution is 0.425. The molecule has 0 aliphatic rings. The van der Waals surface area contributed by atoms with Gasteiger partial charge in [0.2, 0.25) is 0 Å². The molecular formula is C10H11BFNO2. The Bertz CT molecular complexity index is 412. The molecule has 0 atom stereocenters. The van der Waals surface area contributed by atoms with Crippen molar-refractivity contribution < 1.29 is 14.4 Å². The Morgan fingerprint density at radius 1 is 1.40 bits per heavy atom. The van der Waals surface area contributed by atoms with Crippen LogP contribution in [0.1, 0.15) is 19.4 Å². The summed E-state index contributed by atoms with van der Waals surface area (Å²) in [6.45, 7) is 3.20. The Morgan fingerprint density at radius 3 is 2.40 bits per heavy atom. The van der Waals surface area contributed by atoms with E-state index in [1.165, 1.54) is 12.1 Å². The molecule has 0 aliphatic carbocycles. The first-order valence-electron chi connectivity index (χ1n) is 4.46. The van der Waals surface area contributed by atoms with Gasteiger partial charge in [0.05, 0.1) is 11.5 Å². The highest BCUT2D eigenvalue weighted by molar-refractivity contribution is 6.58. The Morgan fingerprint density at radius 2 is 2.00 bits per heavy atom. The summed E-state index contributed by atoms with van der Waals surface area (Å²) in [4.78, 5) is 0. The molecule has 0 unspecified atom stereocenters. The van der Waals surface area contributed by atoms with Crippen LogP contribution in [-0.2, 0) is 5.41 Å². The van der Waals surface area contributed by atoms with E-state index < -0.39 is 18.4 Å². The average molecular weight is 207 g/mol. The van der Waals surface area contributed by atoms with Crippen LogP contribution in [0.4, 0.5) is 4.39 Å². The average Bonchev–Trinajstić information content (AvgIpc) is 2.17. The smallest absolute Gasteiger partial charge is 0.423 e. The molecule has 0 aromatic heterocycles. The minimum Gasteiger partial charge on any atom is -0.423 e. The van der Waals surface area contributed by atoms with Crippen molar-refractivity contribution >= 4 is 12.6 Å². The standard InChI is InChI=1S/C10H11BFNO2/c1-10(2,6-13)8-4-3-7(11(14)15)5-9(8)12/h3-5,14-15H,1-2H3. The zero-order chi connectivity index (χ0) is 11.6. The topological polar surface area (TPSA) is 64.2 Å². The van der Waals surface area contributed by atoms with Gasteiger partial charge in [-0.2, -0.15) is 5.26 Å². The number of nitriles is 1. The maximum atomic E-state index is 13.5. The van der Waals surface area contributed by atoms with Crippen molar-refractivity contribution in [3.05, 3.63) is 29.6 Å². The molecule has 0 aliphatic heterocycles. The van der Waals surface area contributed by atoms with Crippen LogP contribution >= 0.6 is 0 Å². The first kappa shape index (κ1) is 11.7.